The van der Waals surface area contributed by atoms with Crippen LogP contribution in [-0.4, -0.2) is 63.0 Å². The van der Waals surface area contributed by atoms with E-state index in [2.05, 4.69) is 21.8 Å². The van der Waals surface area contributed by atoms with Crippen LogP contribution in [0.15, 0.2) is 83.8 Å². The molecule has 4 rings (SSSR count). The maximum atomic E-state index is 13.6. The Kier molecular flexibility index (Phi) is 8.97. The highest BCUT2D eigenvalue weighted by molar-refractivity contribution is 7.89. The molecule has 0 spiro atoms. The van der Waals surface area contributed by atoms with Crippen molar-refractivity contribution >= 4 is 15.9 Å². The van der Waals surface area contributed by atoms with Gasteiger partial charge < -0.3 is 9.64 Å². The van der Waals surface area contributed by atoms with Crippen LogP contribution in [0.25, 0.3) is 0 Å². The molecule has 1 aliphatic rings. The van der Waals surface area contributed by atoms with Gasteiger partial charge in [0.15, 0.2) is 0 Å². The molecule has 0 aliphatic carbocycles. The lowest BCUT2D eigenvalue weighted by Crippen LogP contribution is -2.55. The zero-order chi connectivity index (χ0) is 26.3. The van der Waals surface area contributed by atoms with Crippen molar-refractivity contribution in [2.24, 2.45) is 0 Å². The summed E-state index contributed by atoms with van der Waals surface area (Å²) >= 11 is 0. The summed E-state index contributed by atoms with van der Waals surface area (Å²) in [6.45, 7) is 7.62. The Morgan fingerprint density at radius 1 is 0.919 bits per heavy atom. The van der Waals surface area contributed by atoms with Gasteiger partial charge in [0, 0.05) is 32.7 Å². The van der Waals surface area contributed by atoms with Gasteiger partial charge in [0.2, 0.25) is 15.9 Å². The summed E-state index contributed by atoms with van der Waals surface area (Å²) in [7, 11) is -3.93. The Labute approximate surface area is 220 Å². The van der Waals surface area contributed by atoms with Gasteiger partial charge >= 0.3 is 0 Å². The van der Waals surface area contributed by atoms with E-state index in [0.717, 1.165) is 30.8 Å². The first-order chi connectivity index (χ1) is 17.9. The van der Waals surface area contributed by atoms with E-state index in [-0.39, 0.29) is 17.2 Å². The summed E-state index contributed by atoms with van der Waals surface area (Å²) in [6.07, 6.45) is 0.277. The van der Waals surface area contributed by atoms with Crippen molar-refractivity contribution in [3.63, 3.8) is 0 Å². The normalized spacial score (nSPS) is 15.4. The van der Waals surface area contributed by atoms with E-state index in [1.54, 1.807) is 17.0 Å². The van der Waals surface area contributed by atoms with Gasteiger partial charge in [-0.15, -0.1) is 0 Å². The zero-order valence-corrected chi connectivity index (χ0v) is 22.3. The standard InChI is InChI=1S/C29H35N3O4S/c1-3-36-28-15-14-26(20-23(28)2)37(34,35)30-27(21-24-10-6-4-7-11-24)29(33)32-18-16-31(17-19-32)22-25-12-8-5-9-13-25/h4-15,20,27,30H,3,16-19,21-22H2,1-2H3. The third-order valence-electron chi connectivity index (χ3n) is 6.57. The fraction of sp³-hybridized carbons (Fsp3) is 0.345. The summed E-state index contributed by atoms with van der Waals surface area (Å²) in [6, 6.07) is 23.6. The molecule has 1 unspecified atom stereocenters. The van der Waals surface area contributed by atoms with Gasteiger partial charge in [0.05, 0.1) is 11.5 Å². The number of carbonyl (C=O) groups excluding carboxylic acids is 1. The molecule has 1 atom stereocenters. The molecule has 1 amide bonds. The van der Waals surface area contributed by atoms with Crippen LogP contribution in [0.5, 0.6) is 5.75 Å². The number of sulfonamides is 1. The Morgan fingerprint density at radius 2 is 1.54 bits per heavy atom. The molecule has 1 N–H and O–H groups in total. The topological polar surface area (TPSA) is 78.9 Å². The number of nitrogens with zero attached hydrogens (tertiary/aromatic N) is 2. The van der Waals surface area contributed by atoms with Crippen LogP contribution in [0, 0.1) is 6.92 Å². The Morgan fingerprint density at radius 3 is 2.14 bits per heavy atom. The summed E-state index contributed by atoms with van der Waals surface area (Å²) in [5.74, 6) is 0.446. The van der Waals surface area contributed by atoms with Gasteiger partial charge in [-0.1, -0.05) is 60.7 Å². The van der Waals surface area contributed by atoms with Gasteiger partial charge in [-0.2, -0.15) is 4.72 Å². The minimum absolute atomic E-state index is 0.118. The van der Waals surface area contributed by atoms with Crippen LogP contribution >= 0.6 is 0 Å². The van der Waals surface area contributed by atoms with Gasteiger partial charge in [-0.25, -0.2) is 8.42 Å². The number of nitrogens with one attached hydrogen (secondary N) is 1. The molecule has 37 heavy (non-hydrogen) atoms. The summed E-state index contributed by atoms with van der Waals surface area (Å²) in [5.41, 5.74) is 2.86. The largest absolute Gasteiger partial charge is 0.494 e. The predicted molar refractivity (Wildman–Crippen MR) is 145 cm³/mol. The minimum Gasteiger partial charge on any atom is -0.494 e. The molecule has 0 bridgehead atoms. The van der Waals surface area contributed by atoms with Crippen LogP contribution in [0.1, 0.15) is 23.6 Å². The van der Waals surface area contributed by atoms with Crippen LogP contribution in [0.2, 0.25) is 0 Å². The van der Waals surface area contributed by atoms with Gasteiger partial charge in [0.1, 0.15) is 11.8 Å². The fourth-order valence-corrected chi connectivity index (χ4v) is 5.85. The first kappa shape index (κ1) is 26.9. The molecule has 1 heterocycles. The number of ether oxygens (including phenoxy) is 1. The molecule has 0 saturated carbocycles. The average Bonchev–Trinajstić information content (AvgIpc) is 2.90. The molecule has 3 aromatic carbocycles. The number of hydrogen-bond acceptors (Lipinski definition) is 5. The quantitative estimate of drug-likeness (QED) is 0.441. The molecule has 1 aliphatic heterocycles. The lowest BCUT2D eigenvalue weighted by molar-refractivity contribution is -0.134. The highest BCUT2D eigenvalue weighted by Crippen LogP contribution is 2.22. The van der Waals surface area contributed by atoms with Crippen LogP contribution in [0.4, 0.5) is 0 Å². The molecule has 8 heteroatoms. The van der Waals surface area contributed by atoms with Gasteiger partial charge in [0.25, 0.3) is 0 Å². The van der Waals surface area contributed by atoms with E-state index in [1.165, 1.54) is 11.6 Å². The third-order valence-corrected chi connectivity index (χ3v) is 8.04. The maximum absolute atomic E-state index is 13.6. The Balaban J connectivity index is 1.48. The molecule has 0 radical (unpaired) electrons. The van der Waals surface area contributed by atoms with Crippen LogP contribution < -0.4 is 9.46 Å². The van der Waals surface area contributed by atoms with Gasteiger partial charge in [-0.05, 0) is 55.2 Å². The van der Waals surface area contributed by atoms with Gasteiger partial charge in [-0.3, -0.25) is 9.69 Å². The molecule has 0 aromatic heterocycles. The van der Waals surface area contributed by atoms with Crippen molar-refractivity contribution in [1.82, 2.24) is 14.5 Å². The second-order valence-electron chi connectivity index (χ2n) is 9.31. The number of rotatable bonds is 10. The van der Waals surface area contributed by atoms with Crippen LogP contribution in [0.3, 0.4) is 0 Å². The number of aryl methyl sites for hydroxylation is 1. The lowest BCUT2D eigenvalue weighted by Gasteiger charge is -2.36. The van der Waals surface area contributed by atoms with E-state index in [0.29, 0.717) is 25.4 Å². The van der Waals surface area contributed by atoms with E-state index in [4.69, 9.17) is 4.74 Å². The summed E-state index contributed by atoms with van der Waals surface area (Å²) in [5, 5.41) is 0. The monoisotopic (exact) mass is 521 g/mol. The Hall–Kier alpha value is -3.20. The first-order valence-electron chi connectivity index (χ1n) is 12.7. The van der Waals surface area contributed by atoms with Crippen molar-refractivity contribution in [1.29, 1.82) is 0 Å². The molecular formula is C29H35N3O4S. The summed E-state index contributed by atoms with van der Waals surface area (Å²) in [4.78, 5) is 17.9. The highest BCUT2D eigenvalue weighted by Gasteiger charge is 2.31. The molecular weight excluding hydrogens is 486 g/mol. The van der Waals surface area contributed by atoms with Crippen molar-refractivity contribution in [2.75, 3.05) is 32.8 Å². The van der Waals surface area contributed by atoms with Crippen LogP contribution in [-0.2, 0) is 27.8 Å². The second-order valence-corrected chi connectivity index (χ2v) is 11.0. The van der Waals surface area contributed by atoms with Crippen molar-refractivity contribution in [3.8, 4) is 5.75 Å². The lowest BCUT2D eigenvalue weighted by atomic mass is 10.1. The van der Waals surface area contributed by atoms with Crippen molar-refractivity contribution < 1.29 is 17.9 Å². The molecule has 1 fully saturated rings. The zero-order valence-electron chi connectivity index (χ0n) is 21.5. The number of amides is 1. The van der Waals surface area contributed by atoms with E-state index >= 15 is 0 Å². The number of benzene rings is 3. The molecule has 3 aromatic rings. The van der Waals surface area contributed by atoms with Crippen molar-refractivity contribution in [3.05, 3.63) is 95.6 Å². The van der Waals surface area contributed by atoms with E-state index in [1.807, 2.05) is 62.4 Å². The molecule has 7 nitrogen and oxygen atoms in total. The number of hydrogen-bond donors (Lipinski definition) is 1. The van der Waals surface area contributed by atoms with Crippen molar-refractivity contribution in [2.45, 2.75) is 37.8 Å². The predicted octanol–water partition coefficient (Wildman–Crippen LogP) is 3.63. The SMILES string of the molecule is CCOc1ccc(S(=O)(=O)NC(Cc2ccccc2)C(=O)N2CCN(Cc3ccccc3)CC2)cc1C. The smallest absolute Gasteiger partial charge is 0.241 e. The third kappa shape index (κ3) is 7.19. The average molecular weight is 522 g/mol. The summed E-state index contributed by atoms with van der Waals surface area (Å²) < 4.78 is 35.0. The number of piperazine rings is 1. The van der Waals surface area contributed by atoms with E-state index < -0.39 is 16.1 Å². The maximum Gasteiger partial charge on any atom is 0.241 e. The molecule has 1 saturated heterocycles. The number of carbonyl (C=O) groups is 1. The minimum atomic E-state index is -3.93. The fourth-order valence-electron chi connectivity index (χ4n) is 4.58. The first-order valence-corrected chi connectivity index (χ1v) is 14.2. The second kappa shape index (κ2) is 12.4. The Bertz CT molecular complexity index is 1280. The highest BCUT2D eigenvalue weighted by atomic mass is 32.2. The van der Waals surface area contributed by atoms with E-state index in [9.17, 15) is 13.2 Å². The molecule has 196 valence electrons.